The number of rotatable bonds is 4. The minimum atomic E-state index is -2.52. The zero-order valence-corrected chi connectivity index (χ0v) is 16.4. The van der Waals surface area contributed by atoms with E-state index >= 15 is 0 Å². The Balaban J connectivity index is 1.26. The van der Waals surface area contributed by atoms with Gasteiger partial charge in [-0.3, -0.25) is 9.88 Å². The Kier molecular flexibility index (Phi) is 4.51. The van der Waals surface area contributed by atoms with Crippen molar-refractivity contribution in [3.8, 4) is 0 Å². The monoisotopic (exact) mass is 400 g/mol. The molecular weight excluding hydrogens is 378 g/mol. The molecule has 7 heteroatoms. The van der Waals surface area contributed by atoms with Crippen molar-refractivity contribution in [2.24, 2.45) is 0 Å². The zero-order valence-electron chi connectivity index (χ0n) is 15.6. The third-order valence-corrected chi connectivity index (χ3v) is 6.79. The number of piperidine rings is 1. The molecule has 28 heavy (non-hydrogen) atoms. The zero-order chi connectivity index (χ0) is 19.1. The van der Waals surface area contributed by atoms with Crippen LogP contribution in [0.25, 0.3) is 10.2 Å². The van der Waals surface area contributed by atoms with Gasteiger partial charge < -0.3 is 4.90 Å². The van der Waals surface area contributed by atoms with Crippen LogP contribution in [-0.2, 0) is 19.5 Å². The van der Waals surface area contributed by atoms with Crippen LogP contribution in [0, 0.1) is 0 Å². The maximum atomic E-state index is 13.5. The predicted octanol–water partition coefficient (Wildman–Crippen LogP) is 4.49. The summed E-state index contributed by atoms with van der Waals surface area (Å²) in [5.41, 5.74) is 4.44. The number of para-hydroxylation sites is 1. The second-order valence-electron chi connectivity index (χ2n) is 7.63. The van der Waals surface area contributed by atoms with E-state index in [1.807, 2.05) is 24.4 Å². The molecule has 3 aromatic rings. The molecule has 0 unspecified atom stereocenters. The molecule has 2 aliphatic rings. The van der Waals surface area contributed by atoms with Crippen molar-refractivity contribution in [3.63, 3.8) is 0 Å². The first-order valence-corrected chi connectivity index (χ1v) is 10.6. The molecular formula is C21H22F2N4S. The van der Waals surface area contributed by atoms with Crippen LogP contribution in [0.3, 0.4) is 0 Å². The van der Waals surface area contributed by atoms with Crippen molar-refractivity contribution in [3.05, 3.63) is 52.8 Å². The summed E-state index contributed by atoms with van der Waals surface area (Å²) in [7, 11) is 0. The summed E-state index contributed by atoms with van der Waals surface area (Å²) in [6.07, 6.45) is 2.60. The first-order chi connectivity index (χ1) is 13.6. The van der Waals surface area contributed by atoms with Crippen LogP contribution < -0.4 is 4.90 Å². The summed E-state index contributed by atoms with van der Waals surface area (Å²) in [6.45, 7) is 3.40. The largest absolute Gasteiger partial charge is 0.371 e. The second kappa shape index (κ2) is 7.04. The van der Waals surface area contributed by atoms with E-state index in [1.54, 1.807) is 11.3 Å². The highest BCUT2D eigenvalue weighted by atomic mass is 32.1. The average molecular weight is 400 g/mol. The Morgan fingerprint density at radius 3 is 2.71 bits per heavy atom. The second-order valence-corrected chi connectivity index (χ2v) is 8.75. The SMILES string of the molecule is FC1(F)CCN(c2ccnc3c2CN(CCc2nc4ccccc4s2)C3)CC1. The van der Waals surface area contributed by atoms with Crippen molar-refractivity contribution in [2.75, 3.05) is 24.5 Å². The van der Waals surface area contributed by atoms with Gasteiger partial charge in [-0.15, -0.1) is 11.3 Å². The molecule has 0 spiro atoms. The molecule has 0 aliphatic carbocycles. The van der Waals surface area contributed by atoms with Crippen LogP contribution in [0.2, 0.25) is 0 Å². The molecule has 0 atom stereocenters. The lowest BCUT2D eigenvalue weighted by Gasteiger charge is -2.34. The average Bonchev–Trinajstić information content (AvgIpc) is 3.29. The van der Waals surface area contributed by atoms with Crippen LogP contribution in [0.1, 0.15) is 29.1 Å². The fourth-order valence-electron chi connectivity index (χ4n) is 4.13. The van der Waals surface area contributed by atoms with Crippen LogP contribution in [0.5, 0.6) is 0 Å². The Labute approximate surface area is 166 Å². The van der Waals surface area contributed by atoms with Crippen molar-refractivity contribution in [2.45, 2.75) is 38.3 Å². The van der Waals surface area contributed by atoms with Crippen molar-refractivity contribution in [1.82, 2.24) is 14.9 Å². The van der Waals surface area contributed by atoms with Gasteiger partial charge in [-0.25, -0.2) is 13.8 Å². The van der Waals surface area contributed by atoms with Crippen LogP contribution in [-0.4, -0.2) is 40.4 Å². The molecule has 146 valence electrons. The van der Waals surface area contributed by atoms with E-state index in [1.165, 1.54) is 10.3 Å². The standard InChI is InChI=1S/C21H22F2N4S/c22-21(23)7-11-27(12-8-21)18-5-9-24-17-14-26(13-15(17)18)10-6-20-25-16-3-1-2-4-19(16)28-20/h1-5,9H,6-8,10-14H2. The Hall–Kier alpha value is -2.12. The minimum absolute atomic E-state index is 0.0641. The van der Waals surface area contributed by atoms with Gasteiger partial charge in [-0.1, -0.05) is 12.1 Å². The van der Waals surface area contributed by atoms with Crippen molar-refractivity contribution >= 4 is 27.2 Å². The van der Waals surface area contributed by atoms with Crippen LogP contribution in [0.4, 0.5) is 14.5 Å². The van der Waals surface area contributed by atoms with Gasteiger partial charge in [0.15, 0.2) is 0 Å². The molecule has 0 saturated carbocycles. The summed E-state index contributed by atoms with van der Waals surface area (Å²) in [4.78, 5) is 13.8. The third kappa shape index (κ3) is 3.49. The summed E-state index contributed by atoms with van der Waals surface area (Å²) in [5.74, 6) is -2.52. The highest BCUT2D eigenvalue weighted by molar-refractivity contribution is 7.18. The van der Waals surface area contributed by atoms with Gasteiger partial charge in [0.1, 0.15) is 0 Å². The van der Waals surface area contributed by atoms with Crippen molar-refractivity contribution in [1.29, 1.82) is 0 Å². The summed E-state index contributed by atoms with van der Waals surface area (Å²) in [5, 5.41) is 1.16. The topological polar surface area (TPSA) is 32.3 Å². The first kappa shape index (κ1) is 17.9. The summed E-state index contributed by atoms with van der Waals surface area (Å²) >= 11 is 1.76. The molecule has 4 nitrogen and oxygen atoms in total. The Morgan fingerprint density at radius 1 is 1.07 bits per heavy atom. The molecule has 1 saturated heterocycles. The highest BCUT2D eigenvalue weighted by Gasteiger charge is 2.35. The first-order valence-electron chi connectivity index (χ1n) is 9.74. The van der Waals surface area contributed by atoms with Crippen LogP contribution in [0.15, 0.2) is 36.5 Å². The van der Waals surface area contributed by atoms with Crippen LogP contribution >= 0.6 is 11.3 Å². The molecule has 1 aromatic carbocycles. The maximum Gasteiger partial charge on any atom is 0.251 e. The highest BCUT2D eigenvalue weighted by Crippen LogP contribution is 2.35. The number of fused-ring (bicyclic) bond motifs is 2. The normalized spacial score (nSPS) is 19.3. The number of hydrogen-bond donors (Lipinski definition) is 0. The molecule has 0 N–H and O–H groups in total. The third-order valence-electron chi connectivity index (χ3n) is 5.69. The number of halogens is 2. The number of nitrogens with zero attached hydrogens (tertiary/aromatic N) is 4. The van der Waals surface area contributed by atoms with E-state index in [4.69, 9.17) is 4.98 Å². The van der Waals surface area contributed by atoms with E-state index in [-0.39, 0.29) is 12.8 Å². The molecule has 2 aliphatic heterocycles. The number of benzene rings is 1. The molecule has 2 aromatic heterocycles. The summed E-state index contributed by atoms with van der Waals surface area (Å²) < 4.78 is 28.3. The molecule has 5 rings (SSSR count). The Morgan fingerprint density at radius 2 is 1.89 bits per heavy atom. The maximum absolute atomic E-state index is 13.5. The quantitative estimate of drug-likeness (QED) is 0.646. The lowest BCUT2D eigenvalue weighted by atomic mass is 10.0. The molecule has 0 bridgehead atoms. The number of aromatic nitrogens is 2. The predicted molar refractivity (Wildman–Crippen MR) is 108 cm³/mol. The molecule has 4 heterocycles. The minimum Gasteiger partial charge on any atom is -0.371 e. The smallest absolute Gasteiger partial charge is 0.251 e. The van der Waals surface area contributed by atoms with E-state index < -0.39 is 5.92 Å². The fourth-order valence-corrected chi connectivity index (χ4v) is 5.09. The molecule has 0 amide bonds. The Bertz CT molecular complexity index is 960. The number of hydrogen-bond acceptors (Lipinski definition) is 5. The summed E-state index contributed by atoms with van der Waals surface area (Å²) in [6, 6.07) is 10.2. The number of pyridine rings is 1. The van der Waals surface area contributed by atoms with E-state index in [0.29, 0.717) is 13.1 Å². The van der Waals surface area contributed by atoms with Gasteiger partial charge in [0.25, 0.3) is 5.92 Å². The van der Waals surface area contributed by atoms with E-state index in [0.717, 1.165) is 48.0 Å². The van der Waals surface area contributed by atoms with Gasteiger partial charge in [-0.05, 0) is 18.2 Å². The number of thiazole rings is 1. The van der Waals surface area contributed by atoms with E-state index in [9.17, 15) is 8.78 Å². The van der Waals surface area contributed by atoms with Gasteiger partial charge in [0.2, 0.25) is 0 Å². The number of anilines is 1. The van der Waals surface area contributed by atoms with Gasteiger partial charge in [0.05, 0.1) is 20.9 Å². The lowest BCUT2D eigenvalue weighted by molar-refractivity contribution is -0.0220. The number of alkyl halides is 2. The van der Waals surface area contributed by atoms with Crippen molar-refractivity contribution < 1.29 is 8.78 Å². The van der Waals surface area contributed by atoms with Gasteiger partial charge in [-0.2, -0.15) is 0 Å². The molecule has 0 radical (unpaired) electrons. The molecule has 1 fully saturated rings. The van der Waals surface area contributed by atoms with E-state index in [2.05, 4.69) is 26.9 Å². The lowest BCUT2D eigenvalue weighted by Crippen LogP contribution is -2.39. The van der Waals surface area contributed by atoms with Gasteiger partial charge >= 0.3 is 0 Å². The fraction of sp³-hybridized carbons (Fsp3) is 0.429. The van der Waals surface area contributed by atoms with Gasteiger partial charge in [0, 0.05) is 69.4 Å².